The van der Waals surface area contributed by atoms with E-state index in [1.807, 2.05) is 26.0 Å². The summed E-state index contributed by atoms with van der Waals surface area (Å²) >= 11 is 0. The van der Waals surface area contributed by atoms with Crippen LogP contribution in [0.15, 0.2) is 24.3 Å². The number of benzene rings is 1. The average Bonchev–Trinajstić information content (AvgIpc) is 2.78. The molecule has 2 amide bonds. The van der Waals surface area contributed by atoms with Gasteiger partial charge in [-0.2, -0.15) is 0 Å². The van der Waals surface area contributed by atoms with Crippen molar-refractivity contribution in [3.8, 4) is 0 Å². The molecular weight excluding hydrogens is 304 g/mol. The Labute approximate surface area is 130 Å². The van der Waals surface area contributed by atoms with Gasteiger partial charge in [0.05, 0.1) is 11.5 Å². The van der Waals surface area contributed by atoms with Gasteiger partial charge in [0, 0.05) is 11.7 Å². The van der Waals surface area contributed by atoms with E-state index >= 15 is 0 Å². The van der Waals surface area contributed by atoms with Gasteiger partial charge >= 0.3 is 11.8 Å². The van der Waals surface area contributed by atoms with Gasteiger partial charge in [0.2, 0.25) is 0 Å². The lowest BCUT2D eigenvalue weighted by atomic mass is 10.0. The molecule has 6 nitrogen and oxygen atoms in total. The number of sulfone groups is 1. The Morgan fingerprint density at radius 3 is 2.45 bits per heavy atom. The Bertz CT molecular complexity index is 683. The summed E-state index contributed by atoms with van der Waals surface area (Å²) in [6.07, 6.45) is 0.351. The molecule has 7 heteroatoms. The van der Waals surface area contributed by atoms with Gasteiger partial charge in [-0.05, 0) is 24.0 Å². The molecule has 0 saturated carbocycles. The van der Waals surface area contributed by atoms with Crippen molar-refractivity contribution in [2.24, 2.45) is 0 Å². The number of hydrogen-bond donors (Lipinski definition) is 2. The smallest absolute Gasteiger partial charge is 0.313 e. The van der Waals surface area contributed by atoms with Crippen LogP contribution in [-0.4, -0.2) is 37.8 Å². The second-order valence-electron chi connectivity index (χ2n) is 5.77. The van der Waals surface area contributed by atoms with E-state index in [2.05, 4.69) is 10.6 Å². The molecule has 0 spiro atoms. The third kappa shape index (κ3) is 4.07. The predicted octanol–water partition coefficient (Wildman–Crippen LogP) is 1.05. The van der Waals surface area contributed by atoms with Crippen LogP contribution < -0.4 is 10.6 Å². The summed E-state index contributed by atoms with van der Waals surface area (Å²) in [4.78, 5) is 23.8. The van der Waals surface area contributed by atoms with Crippen LogP contribution in [0.1, 0.15) is 31.7 Å². The Morgan fingerprint density at radius 1 is 1.18 bits per heavy atom. The third-order valence-corrected chi connectivity index (χ3v) is 5.37. The molecule has 1 aromatic carbocycles. The molecule has 0 bridgehead atoms. The maximum atomic E-state index is 12.0. The molecule has 0 aliphatic carbocycles. The molecule has 22 heavy (non-hydrogen) atoms. The van der Waals surface area contributed by atoms with Crippen LogP contribution >= 0.6 is 0 Å². The van der Waals surface area contributed by atoms with Gasteiger partial charge in [0.15, 0.2) is 9.84 Å². The maximum Gasteiger partial charge on any atom is 0.313 e. The summed E-state index contributed by atoms with van der Waals surface area (Å²) in [7, 11) is -3.09. The largest absolute Gasteiger partial charge is 0.344 e. The molecule has 1 aliphatic rings. The van der Waals surface area contributed by atoms with Gasteiger partial charge in [0.25, 0.3) is 0 Å². The normalized spacial score (nSPS) is 19.9. The highest BCUT2D eigenvalue weighted by atomic mass is 32.2. The Hall–Kier alpha value is -1.89. The zero-order chi connectivity index (χ0) is 16.3. The Kier molecular flexibility index (Phi) is 4.85. The first-order valence-electron chi connectivity index (χ1n) is 7.19. The van der Waals surface area contributed by atoms with E-state index < -0.39 is 27.7 Å². The average molecular weight is 324 g/mol. The lowest BCUT2D eigenvalue weighted by Crippen LogP contribution is -2.42. The first-order chi connectivity index (χ1) is 10.3. The van der Waals surface area contributed by atoms with E-state index in [0.717, 1.165) is 5.56 Å². The summed E-state index contributed by atoms with van der Waals surface area (Å²) in [5.41, 5.74) is 1.53. The van der Waals surface area contributed by atoms with Crippen molar-refractivity contribution in [2.75, 3.05) is 16.8 Å². The van der Waals surface area contributed by atoms with Crippen LogP contribution in [0.25, 0.3) is 0 Å². The van der Waals surface area contributed by atoms with Gasteiger partial charge in [0.1, 0.15) is 0 Å². The lowest BCUT2D eigenvalue weighted by Gasteiger charge is -2.14. The quantitative estimate of drug-likeness (QED) is 0.813. The SMILES string of the molecule is CC(C)c1ccccc1NC(=O)C(=O)NC1CCS(=O)(=O)C1. The minimum Gasteiger partial charge on any atom is -0.344 e. The molecule has 0 aromatic heterocycles. The van der Waals surface area contributed by atoms with Gasteiger partial charge in [-0.25, -0.2) is 8.42 Å². The summed E-state index contributed by atoms with van der Waals surface area (Å²) in [5, 5.41) is 5.06. The summed E-state index contributed by atoms with van der Waals surface area (Å²) in [6, 6.07) is 6.79. The van der Waals surface area contributed by atoms with E-state index in [9.17, 15) is 18.0 Å². The highest BCUT2D eigenvalue weighted by molar-refractivity contribution is 7.91. The number of rotatable bonds is 3. The number of amides is 2. The topological polar surface area (TPSA) is 92.3 Å². The fourth-order valence-corrected chi connectivity index (χ4v) is 4.13. The highest BCUT2D eigenvalue weighted by Gasteiger charge is 2.30. The molecule has 1 aliphatic heterocycles. The van der Waals surface area contributed by atoms with Crippen molar-refractivity contribution < 1.29 is 18.0 Å². The zero-order valence-electron chi connectivity index (χ0n) is 12.6. The van der Waals surface area contributed by atoms with Crippen LogP contribution in [0.2, 0.25) is 0 Å². The van der Waals surface area contributed by atoms with E-state index in [1.54, 1.807) is 12.1 Å². The fraction of sp³-hybridized carbons (Fsp3) is 0.467. The number of para-hydroxylation sites is 1. The van der Waals surface area contributed by atoms with Crippen LogP contribution in [0.3, 0.4) is 0 Å². The van der Waals surface area contributed by atoms with Crippen LogP contribution in [0.5, 0.6) is 0 Å². The second-order valence-corrected chi connectivity index (χ2v) is 8.00. The molecule has 2 rings (SSSR count). The van der Waals surface area contributed by atoms with Crippen LogP contribution in [-0.2, 0) is 19.4 Å². The van der Waals surface area contributed by atoms with Crippen molar-refractivity contribution in [2.45, 2.75) is 32.2 Å². The number of carbonyl (C=O) groups is 2. The van der Waals surface area contributed by atoms with E-state index in [-0.39, 0.29) is 17.4 Å². The van der Waals surface area contributed by atoms with Gasteiger partial charge in [-0.15, -0.1) is 0 Å². The van der Waals surface area contributed by atoms with Crippen molar-refractivity contribution in [3.63, 3.8) is 0 Å². The fourth-order valence-electron chi connectivity index (χ4n) is 2.45. The molecule has 0 radical (unpaired) electrons. The zero-order valence-corrected chi connectivity index (χ0v) is 13.4. The number of anilines is 1. The number of carbonyl (C=O) groups excluding carboxylic acids is 2. The molecule has 1 saturated heterocycles. The molecule has 2 N–H and O–H groups in total. The molecule has 1 fully saturated rings. The number of hydrogen-bond acceptors (Lipinski definition) is 4. The molecule has 120 valence electrons. The van der Waals surface area contributed by atoms with Crippen molar-refractivity contribution >= 4 is 27.3 Å². The van der Waals surface area contributed by atoms with Crippen molar-refractivity contribution in [1.29, 1.82) is 0 Å². The lowest BCUT2D eigenvalue weighted by molar-refractivity contribution is -0.136. The van der Waals surface area contributed by atoms with Crippen LogP contribution in [0.4, 0.5) is 5.69 Å². The van der Waals surface area contributed by atoms with Crippen LogP contribution in [0, 0.1) is 0 Å². The monoisotopic (exact) mass is 324 g/mol. The Morgan fingerprint density at radius 2 is 1.86 bits per heavy atom. The molecule has 1 heterocycles. The predicted molar refractivity (Wildman–Crippen MR) is 84.4 cm³/mol. The van der Waals surface area contributed by atoms with Crippen molar-refractivity contribution in [3.05, 3.63) is 29.8 Å². The summed E-state index contributed by atoms with van der Waals surface area (Å²) in [5.74, 6) is -1.43. The minimum absolute atomic E-state index is 0.0513. The van der Waals surface area contributed by atoms with Crippen molar-refractivity contribution in [1.82, 2.24) is 5.32 Å². The molecule has 1 unspecified atom stereocenters. The summed E-state index contributed by atoms with van der Waals surface area (Å²) in [6.45, 7) is 3.99. The second kappa shape index (κ2) is 6.48. The van der Waals surface area contributed by atoms with Gasteiger partial charge in [-0.1, -0.05) is 32.0 Å². The summed E-state index contributed by atoms with van der Waals surface area (Å²) < 4.78 is 22.7. The molecule has 1 atom stereocenters. The maximum absolute atomic E-state index is 12.0. The third-order valence-electron chi connectivity index (χ3n) is 3.60. The van der Waals surface area contributed by atoms with E-state index in [0.29, 0.717) is 12.1 Å². The van der Waals surface area contributed by atoms with Gasteiger partial charge < -0.3 is 10.6 Å². The van der Waals surface area contributed by atoms with Gasteiger partial charge in [-0.3, -0.25) is 9.59 Å². The van der Waals surface area contributed by atoms with E-state index in [4.69, 9.17) is 0 Å². The number of nitrogens with one attached hydrogen (secondary N) is 2. The minimum atomic E-state index is -3.09. The Balaban J connectivity index is 1.99. The highest BCUT2D eigenvalue weighted by Crippen LogP contribution is 2.23. The first kappa shape index (κ1) is 16.5. The first-order valence-corrected chi connectivity index (χ1v) is 9.02. The molecular formula is C15H20N2O4S. The van der Waals surface area contributed by atoms with E-state index in [1.165, 1.54) is 0 Å². The standard InChI is InChI=1S/C15H20N2O4S/c1-10(2)12-5-3-4-6-13(12)17-15(19)14(18)16-11-7-8-22(20,21)9-11/h3-6,10-11H,7-9H2,1-2H3,(H,16,18)(H,17,19). The molecule has 1 aromatic rings.